The molecule has 0 atom stereocenters. The van der Waals surface area contributed by atoms with Gasteiger partial charge in [-0.05, 0) is 42.7 Å². The van der Waals surface area contributed by atoms with Gasteiger partial charge >= 0.3 is 0 Å². The Bertz CT molecular complexity index is 859. The largest absolute Gasteiger partial charge is 0.383 e. The smallest absolute Gasteiger partial charge is 0.259 e. The second kappa shape index (κ2) is 9.71. The average Bonchev–Trinajstić information content (AvgIpc) is 2.71. The third-order valence-corrected chi connectivity index (χ3v) is 5.59. The molecule has 0 radical (unpaired) electrons. The number of benzene rings is 2. The molecule has 3 rings (SSSR count). The van der Waals surface area contributed by atoms with Gasteiger partial charge in [0.25, 0.3) is 5.91 Å². The molecule has 1 aliphatic rings. The summed E-state index contributed by atoms with van der Waals surface area (Å²) in [4.78, 5) is 27.5. The molecule has 148 valence electrons. The fraction of sp³-hybridized carbons (Fsp3) is 0.333. The molecule has 2 amide bonds. The van der Waals surface area contributed by atoms with Crippen molar-refractivity contribution in [1.82, 2.24) is 5.32 Å². The van der Waals surface area contributed by atoms with Gasteiger partial charge < -0.3 is 15.0 Å². The lowest BCUT2D eigenvalue weighted by molar-refractivity contribution is -0.118. The molecule has 0 fully saturated rings. The minimum absolute atomic E-state index is 0.116. The van der Waals surface area contributed by atoms with Crippen LogP contribution in [0.5, 0.6) is 0 Å². The van der Waals surface area contributed by atoms with E-state index >= 15 is 0 Å². The van der Waals surface area contributed by atoms with Crippen LogP contribution in [0.3, 0.4) is 0 Å². The topological polar surface area (TPSA) is 58.6 Å². The fourth-order valence-electron chi connectivity index (χ4n) is 3.16. The molecule has 0 unspecified atom stereocenters. The van der Waals surface area contributed by atoms with Crippen molar-refractivity contribution in [3.05, 3.63) is 59.4 Å². The number of nitrogens with zero attached hydrogens (tertiary/aromatic N) is 1. The number of rotatable bonds is 7. The molecule has 2 aromatic carbocycles. The van der Waals surface area contributed by atoms with Gasteiger partial charge in [-0.15, -0.1) is 11.8 Å². The van der Waals surface area contributed by atoms with Crippen LogP contribution in [0.15, 0.2) is 47.4 Å². The maximum atomic E-state index is 13.8. The summed E-state index contributed by atoms with van der Waals surface area (Å²) in [5.74, 6) is -0.433. The average molecular weight is 402 g/mol. The molecule has 0 aromatic heterocycles. The zero-order valence-electron chi connectivity index (χ0n) is 15.7. The number of anilines is 1. The van der Waals surface area contributed by atoms with Crippen LogP contribution in [0.4, 0.5) is 10.1 Å². The molecule has 2 aromatic rings. The third-order valence-electron chi connectivity index (χ3n) is 4.52. The molecular weight excluding hydrogens is 379 g/mol. The molecule has 28 heavy (non-hydrogen) atoms. The highest BCUT2D eigenvalue weighted by Crippen LogP contribution is 2.31. The highest BCUT2D eigenvalue weighted by atomic mass is 32.2. The SMILES string of the molecule is COCCNC(=O)CSc1ccccc1C(=O)N1CCCc2ccc(F)cc21. The van der Waals surface area contributed by atoms with Crippen molar-refractivity contribution in [2.75, 3.05) is 37.5 Å². The molecular formula is C21H23FN2O3S. The number of hydrogen-bond donors (Lipinski definition) is 1. The van der Waals surface area contributed by atoms with Gasteiger partial charge in [0.2, 0.25) is 5.91 Å². The Morgan fingerprint density at radius 3 is 2.89 bits per heavy atom. The van der Waals surface area contributed by atoms with Crippen molar-refractivity contribution in [2.45, 2.75) is 17.7 Å². The molecule has 5 nitrogen and oxygen atoms in total. The van der Waals surface area contributed by atoms with Gasteiger partial charge in [-0.3, -0.25) is 9.59 Å². The van der Waals surface area contributed by atoms with Crippen molar-refractivity contribution >= 4 is 29.3 Å². The number of carbonyl (C=O) groups excluding carboxylic acids is 2. The minimum Gasteiger partial charge on any atom is -0.383 e. The monoisotopic (exact) mass is 402 g/mol. The number of amides is 2. The van der Waals surface area contributed by atoms with E-state index in [0.717, 1.165) is 23.3 Å². The first-order valence-corrected chi connectivity index (χ1v) is 10.2. The van der Waals surface area contributed by atoms with E-state index in [1.54, 1.807) is 30.2 Å². The molecule has 0 saturated heterocycles. The van der Waals surface area contributed by atoms with E-state index in [2.05, 4.69) is 5.32 Å². The van der Waals surface area contributed by atoms with Crippen LogP contribution in [0.2, 0.25) is 0 Å². The van der Waals surface area contributed by atoms with Crippen LogP contribution in [-0.2, 0) is 16.0 Å². The summed E-state index contributed by atoms with van der Waals surface area (Å²) in [6.45, 7) is 1.45. The maximum Gasteiger partial charge on any atom is 0.259 e. The van der Waals surface area contributed by atoms with Crippen LogP contribution in [0.25, 0.3) is 0 Å². The number of fused-ring (bicyclic) bond motifs is 1. The molecule has 7 heteroatoms. The zero-order chi connectivity index (χ0) is 19.9. The summed E-state index contributed by atoms with van der Waals surface area (Å²) >= 11 is 1.32. The summed E-state index contributed by atoms with van der Waals surface area (Å²) in [7, 11) is 1.58. The lowest BCUT2D eigenvalue weighted by Crippen LogP contribution is -2.36. The molecule has 1 heterocycles. The predicted molar refractivity (Wildman–Crippen MR) is 108 cm³/mol. The Kier molecular flexibility index (Phi) is 7.06. The Morgan fingerprint density at radius 1 is 1.25 bits per heavy atom. The Hall–Kier alpha value is -2.38. The number of aryl methyl sites for hydroxylation is 1. The van der Waals surface area contributed by atoms with Gasteiger partial charge in [-0.25, -0.2) is 4.39 Å². The van der Waals surface area contributed by atoms with Crippen LogP contribution in [-0.4, -0.2) is 44.4 Å². The van der Waals surface area contributed by atoms with E-state index < -0.39 is 0 Å². The number of halogens is 1. The summed E-state index contributed by atoms with van der Waals surface area (Å²) in [6, 6.07) is 11.8. The quantitative estimate of drug-likeness (QED) is 0.570. The van der Waals surface area contributed by atoms with Gasteiger partial charge in [0.05, 0.1) is 23.6 Å². The summed E-state index contributed by atoms with van der Waals surface area (Å²) in [6.07, 6.45) is 1.67. The first-order chi connectivity index (χ1) is 13.6. The molecule has 0 saturated carbocycles. The summed E-state index contributed by atoms with van der Waals surface area (Å²) in [5, 5.41) is 2.76. The van der Waals surface area contributed by atoms with Gasteiger partial charge in [0.15, 0.2) is 0 Å². The number of ether oxygens (including phenoxy) is 1. The van der Waals surface area contributed by atoms with E-state index in [1.165, 1.54) is 23.9 Å². The van der Waals surface area contributed by atoms with Crippen LogP contribution < -0.4 is 10.2 Å². The van der Waals surface area contributed by atoms with Crippen molar-refractivity contribution < 1.29 is 18.7 Å². The Labute approximate surface area is 168 Å². The zero-order valence-corrected chi connectivity index (χ0v) is 16.6. The molecule has 0 bridgehead atoms. The van der Waals surface area contributed by atoms with E-state index in [0.29, 0.717) is 30.9 Å². The van der Waals surface area contributed by atoms with E-state index in [4.69, 9.17) is 4.74 Å². The summed E-state index contributed by atoms with van der Waals surface area (Å²) in [5.41, 5.74) is 2.13. The Morgan fingerprint density at radius 2 is 2.07 bits per heavy atom. The molecule has 0 aliphatic carbocycles. The summed E-state index contributed by atoms with van der Waals surface area (Å²) < 4.78 is 18.7. The molecule has 0 spiro atoms. The van der Waals surface area contributed by atoms with Crippen molar-refractivity contribution in [3.8, 4) is 0 Å². The predicted octanol–water partition coefficient (Wildman–Crippen LogP) is 3.27. The second-order valence-electron chi connectivity index (χ2n) is 6.46. The number of hydrogen-bond acceptors (Lipinski definition) is 4. The van der Waals surface area contributed by atoms with Gasteiger partial charge in [0, 0.05) is 25.1 Å². The van der Waals surface area contributed by atoms with Crippen LogP contribution in [0, 0.1) is 5.82 Å². The van der Waals surface area contributed by atoms with Gasteiger partial charge in [-0.1, -0.05) is 18.2 Å². The number of thioether (sulfide) groups is 1. The van der Waals surface area contributed by atoms with Crippen molar-refractivity contribution in [1.29, 1.82) is 0 Å². The number of nitrogens with one attached hydrogen (secondary N) is 1. The van der Waals surface area contributed by atoms with Crippen molar-refractivity contribution in [2.24, 2.45) is 0 Å². The standard InChI is InChI=1S/C21H23FN2O3S/c1-27-12-10-23-20(25)14-28-19-7-3-2-6-17(19)21(26)24-11-4-5-15-8-9-16(22)13-18(15)24/h2-3,6-9,13H,4-5,10-12,14H2,1H3,(H,23,25). The molecule has 1 aliphatic heterocycles. The highest BCUT2D eigenvalue weighted by Gasteiger charge is 2.25. The normalized spacial score (nSPS) is 13.1. The van der Waals surface area contributed by atoms with Gasteiger partial charge in [-0.2, -0.15) is 0 Å². The Balaban J connectivity index is 1.75. The fourth-order valence-corrected chi connectivity index (χ4v) is 4.03. The first-order valence-electron chi connectivity index (χ1n) is 9.18. The highest BCUT2D eigenvalue weighted by molar-refractivity contribution is 8.00. The van der Waals surface area contributed by atoms with E-state index in [-0.39, 0.29) is 23.4 Å². The van der Waals surface area contributed by atoms with Gasteiger partial charge in [0.1, 0.15) is 5.82 Å². The minimum atomic E-state index is -0.353. The third kappa shape index (κ3) is 4.91. The molecule has 1 N–H and O–H groups in total. The van der Waals surface area contributed by atoms with E-state index in [1.807, 2.05) is 12.1 Å². The number of methoxy groups -OCH3 is 1. The lowest BCUT2D eigenvalue weighted by Gasteiger charge is -2.30. The van der Waals surface area contributed by atoms with Crippen LogP contribution >= 0.6 is 11.8 Å². The first kappa shape index (κ1) is 20.4. The lowest BCUT2D eigenvalue weighted by atomic mass is 10.0. The maximum absolute atomic E-state index is 13.8. The second-order valence-corrected chi connectivity index (χ2v) is 7.48. The van der Waals surface area contributed by atoms with Crippen molar-refractivity contribution in [3.63, 3.8) is 0 Å². The van der Waals surface area contributed by atoms with E-state index in [9.17, 15) is 14.0 Å². The number of carbonyl (C=O) groups is 2. The van der Waals surface area contributed by atoms with Crippen LogP contribution in [0.1, 0.15) is 22.3 Å².